The van der Waals surface area contributed by atoms with Crippen LogP contribution in [0.5, 0.6) is 0 Å². The Morgan fingerprint density at radius 2 is 1.79 bits per heavy atom. The first-order valence-electron chi connectivity index (χ1n) is 5.81. The molecule has 0 unspecified atom stereocenters. The first-order valence-corrected chi connectivity index (χ1v) is 5.81. The van der Waals surface area contributed by atoms with Crippen LogP contribution < -0.4 is 11.2 Å². The molecule has 0 spiro atoms. The summed E-state index contributed by atoms with van der Waals surface area (Å²) in [6, 6.07) is 10.5. The molecular weight excluding hydrogens is 242 g/mol. The highest BCUT2D eigenvalue weighted by atomic mass is 16.2. The van der Waals surface area contributed by atoms with Gasteiger partial charge >= 0.3 is 5.69 Å². The molecule has 94 valence electrons. The van der Waals surface area contributed by atoms with Crippen molar-refractivity contribution >= 4 is 10.9 Å². The van der Waals surface area contributed by atoms with Crippen LogP contribution in [-0.2, 0) is 7.05 Å². The fourth-order valence-electron chi connectivity index (χ4n) is 2.10. The normalized spacial score (nSPS) is 10.8. The number of nitrogens with zero attached hydrogens (tertiary/aromatic N) is 3. The highest BCUT2D eigenvalue weighted by Gasteiger charge is 2.11. The maximum absolute atomic E-state index is 12.4. The van der Waals surface area contributed by atoms with Crippen molar-refractivity contribution in [3.05, 3.63) is 69.6 Å². The largest absolute Gasteiger partial charge is 0.335 e. The number of fused-ring (bicyclic) bond motifs is 1. The molecule has 5 heteroatoms. The van der Waals surface area contributed by atoms with Crippen molar-refractivity contribution in [1.82, 2.24) is 14.1 Å². The lowest BCUT2D eigenvalue weighted by Crippen LogP contribution is -2.37. The molecule has 3 aromatic rings. The number of para-hydroxylation sites is 1. The van der Waals surface area contributed by atoms with Gasteiger partial charge < -0.3 is 0 Å². The van der Waals surface area contributed by atoms with Gasteiger partial charge in [0.15, 0.2) is 0 Å². The van der Waals surface area contributed by atoms with E-state index in [1.54, 1.807) is 43.6 Å². The molecule has 0 bridgehead atoms. The van der Waals surface area contributed by atoms with Crippen LogP contribution in [0.15, 0.2) is 58.4 Å². The predicted octanol–water partition coefficient (Wildman–Crippen LogP) is 1.08. The van der Waals surface area contributed by atoms with Crippen molar-refractivity contribution < 1.29 is 0 Å². The lowest BCUT2D eigenvalue weighted by molar-refractivity contribution is 0.772. The van der Waals surface area contributed by atoms with Crippen LogP contribution in [0.4, 0.5) is 0 Å². The molecule has 3 rings (SSSR count). The second kappa shape index (κ2) is 4.20. The van der Waals surface area contributed by atoms with Crippen LogP contribution in [0.3, 0.4) is 0 Å². The Kier molecular flexibility index (Phi) is 2.52. The van der Waals surface area contributed by atoms with E-state index in [-0.39, 0.29) is 11.2 Å². The zero-order valence-corrected chi connectivity index (χ0v) is 10.3. The average Bonchev–Trinajstić information content (AvgIpc) is 2.46. The van der Waals surface area contributed by atoms with Crippen LogP contribution in [0, 0.1) is 0 Å². The molecule has 0 aliphatic carbocycles. The van der Waals surface area contributed by atoms with E-state index < -0.39 is 0 Å². The summed E-state index contributed by atoms with van der Waals surface area (Å²) < 4.78 is 2.60. The molecule has 0 aliphatic rings. The third-order valence-electron chi connectivity index (χ3n) is 3.09. The van der Waals surface area contributed by atoms with Gasteiger partial charge in [-0.05, 0) is 18.2 Å². The average molecular weight is 253 g/mol. The quantitative estimate of drug-likeness (QED) is 0.652. The lowest BCUT2D eigenvalue weighted by Gasteiger charge is -2.09. The van der Waals surface area contributed by atoms with Gasteiger partial charge in [0, 0.05) is 13.2 Å². The van der Waals surface area contributed by atoms with Crippen molar-refractivity contribution in [1.29, 1.82) is 0 Å². The van der Waals surface area contributed by atoms with E-state index >= 15 is 0 Å². The molecule has 19 heavy (non-hydrogen) atoms. The number of aromatic nitrogens is 3. The standard InChI is InChI=1S/C14H11N3O2/c1-16-12-9-15-8-7-11(12)13(18)17(14(16)19)10-5-3-2-4-6-10/h2-9H,1H3. The van der Waals surface area contributed by atoms with Crippen molar-refractivity contribution in [2.45, 2.75) is 0 Å². The Morgan fingerprint density at radius 1 is 1.05 bits per heavy atom. The van der Waals surface area contributed by atoms with E-state index in [4.69, 9.17) is 0 Å². The van der Waals surface area contributed by atoms with Crippen LogP contribution in [0.1, 0.15) is 0 Å². The molecule has 0 saturated heterocycles. The van der Waals surface area contributed by atoms with E-state index in [2.05, 4.69) is 4.98 Å². The van der Waals surface area contributed by atoms with Gasteiger partial charge in [-0.3, -0.25) is 14.3 Å². The van der Waals surface area contributed by atoms with Crippen LogP contribution >= 0.6 is 0 Å². The molecule has 0 saturated carbocycles. The number of aryl methyl sites for hydroxylation is 1. The molecule has 2 heterocycles. The zero-order chi connectivity index (χ0) is 13.4. The molecule has 0 N–H and O–H groups in total. The van der Waals surface area contributed by atoms with Crippen molar-refractivity contribution in [3.63, 3.8) is 0 Å². The predicted molar refractivity (Wildman–Crippen MR) is 72.6 cm³/mol. The minimum Gasteiger partial charge on any atom is -0.294 e. The molecule has 0 amide bonds. The summed E-state index contributed by atoms with van der Waals surface area (Å²) in [5.74, 6) is 0. The summed E-state index contributed by atoms with van der Waals surface area (Å²) in [7, 11) is 1.63. The van der Waals surface area contributed by atoms with Gasteiger partial charge in [0.1, 0.15) is 0 Å². The number of hydrogen-bond donors (Lipinski definition) is 0. The summed E-state index contributed by atoms with van der Waals surface area (Å²) in [5, 5.41) is 0.473. The van der Waals surface area contributed by atoms with Gasteiger partial charge in [0.25, 0.3) is 5.56 Å². The fraction of sp³-hybridized carbons (Fsp3) is 0.0714. The number of rotatable bonds is 1. The maximum atomic E-state index is 12.4. The van der Waals surface area contributed by atoms with Gasteiger partial charge in [0.2, 0.25) is 0 Å². The molecule has 0 fully saturated rings. The second-order valence-corrected chi connectivity index (χ2v) is 4.21. The first-order chi connectivity index (χ1) is 9.20. The molecule has 2 aromatic heterocycles. The van der Waals surface area contributed by atoms with Crippen molar-refractivity contribution in [2.75, 3.05) is 0 Å². The zero-order valence-electron chi connectivity index (χ0n) is 10.3. The summed E-state index contributed by atoms with van der Waals surface area (Å²) >= 11 is 0. The summed E-state index contributed by atoms with van der Waals surface area (Å²) in [4.78, 5) is 28.7. The molecule has 0 aliphatic heterocycles. The molecule has 0 atom stereocenters. The van der Waals surface area contributed by atoms with Gasteiger partial charge in [-0.2, -0.15) is 0 Å². The third kappa shape index (κ3) is 1.67. The second-order valence-electron chi connectivity index (χ2n) is 4.21. The smallest absolute Gasteiger partial charge is 0.294 e. The van der Waals surface area contributed by atoms with Gasteiger partial charge in [-0.15, -0.1) is 0 Å². The lowest BCUT2D eigenvalue weighted by atomic mass is 10.2. The molecule has 1 aromatic carbocycles. The summed E-state index contributed by atoms with van der Waals surface area (Å²) in [6.07, 6.45) is 3.07. The van der Waals surface area contributed by atoms with E-state index in [0.29, 0.717) is 16.6 Å². The van der Waals surface area contributed by atoms with Crippen LogP contribution in [-0.4, -0.2) is 14.1 Å². The highest BCUT2D eigenvalue weighted by molar-refractivity contribution is 5.76. The Labute approximate surface area is 108 Å². The van der Waals surface area contributed by atoms with Gasteiger partial charge in [-0.25, -0.2) is 9.36 Å². The number of pyridine rings is 1. The Hall–Kier alpha value is -2.69. The molecule has 0 radical (unpaired) electrons. The molecule has 5 nitrogen and oxygen atoms in total. The van der Waals surface area contributed by atoms with Gasteiger partial charge in [-0.1, -0.05) is 18.2 Å². The van der Waals surface area contributed by atoms with Crippen molar-refractivity contribution in [2.24, 2.45) is 7.05 Å². The first kappa shape index (κ1) is 11.4. The monoisotopic (exact) mass is 253 g/mol. The van der Waals surface area contributed by atoms with Crippen molar-refractivity contribution in [3.8, 4) is 5.69 Å². The van der Waals surface area contributed by atoms with Gasteiger partial charge in [0.05, 0.1) is 22.8 Å². The third-order valence-corrected chi connectivity index (χ3v) is 3.09. The number of hydrogen-bond acceptors (Lipinski definition) is 3. The topological polar surface area (TPSA) is 56.9 Å². The Balaban J connectivity index is 2.52. The summed E-state index contributed by atoms with van der Waals surface area (Å²) in [5.41, 5.74) is 0.389. The minimum atomic E-state index is -0.378. The Morgan fingerprint density at radius 3 is 2.53 bits per heavy atom. The Bertz CT molecular complexity index is 863. The maximum Gasteiger partial charge on any atom is 0.335 e. The number of benzene rings is 1. The van der Waals surface area contributed by atoms with E-state index in [9.17, 15) is 9.59 Å². The molecular formula is C14H11N3O2. The minimum absolute atomic E-state index is 0.327. The highest BCUT2D eigenvalue weighted by Crippen LogP contribution is 2.07. The summed E-state index contributed by atoms with van der Waals surface area (Å²) in [6.45, 7) is 0. The van der Waals surface area contributed by atoms with Crippen LogP contribution in [0.2, 0.25) is 0 Å². The van der Waals surface area contributed by atoms with E-state index in [1.165, 1.54) is 15.3 Å². The SMILES string of the molecule is Cn1c(=O)n(-c2ccccc2)c(=O)c2ccncc21. The van der Waals surface area contributed by atoms with Crippen LogP contribution in [0.25, 0.3) is 16.6 Å². The van der Waals surface area contributed by atoms with E-state index in [0.717, 1.165) is 0 Å². The fourth-order valence-corrected chi connectivity index (χ4v) is 2.10. The van der Waals surface area contributed by atoms with E-state index in [1.807, 2.05) is 6.07 Å².